The van der Waals surface area contributed by atoms with Crippen LogP contribution in [0.1, 0.15) is 10.5 Å². The lowest BCUT2D eigenvalue weighted by Gasteiger charge is -1.96. The molecular weight excluding hydrogens is 162 g/mol. The molecule has 0 aliphatic heterocycles. The molecule has 0 aliphatic rings. The maximum Gasteiger partial charge on any atom is 0.410 e. The van der Waals surface area contributed by atoms with E-state index >= 15 is 0 Å². The van der Waals surface area contributed by atoms with E-state index in [0.29, 0.717) is 6.29 Å². The van der Waals surface area contributed by atoms with Gasteiger partial charge in [-0.1, -0.05) is 0 Å². The van der Waals surface area contributed by atoms with Crippen molar-refractivity contribution in [2.75, 3.05) is 5.32 Å². The summed E-state index contributed by atoms with van der Waals surface area (Å²) in [6, 6.07) is 2.72. The Morgan fingerprint density at radius 1 is 1.50 bits per heavy atom. The van der Waals surface area contributed by atoms with Gasteiger partial charge in [0.05, 0.1) is 0 Å². The molecule has 0 spiro atoms. The van der Waals surface area contributed by atoms with Gasteiger partial charge < -0.3 is 5.11 Å². The molecule has 0 radical (unpaired) electrons. The minimum Gasteiger partial charge on any atom is -0.465 e. The van der Waals surface area contributed by atoms with Crippen molar-refractivity contribution >= 4 is 18.2 Å². The van der Waals surface area contributed by atoms with E-state index in [0.717, 1.165) is 0 Å². The van der Waals surface area contributed by atoms with Crippen molar-refractivity contribution in [3.63, 3.8) is 0 Å². The van der Waals surface area contributed by atoms with Crippen LogP contribution in [0.4, 0.5) is 10.6 Å². The summed E-state index contributed by atoms with van der Waals surface area (Å²) in [6.07, 6.45) is -0.694. The van der Waals surface area contributed by atoms with Crippen molar-refractivity contribution in [1.29, 1.82) is 0 Å². The van der Waals surface area contributed by atoms with Gasteiger partial charge in [0.1, 0.15) is 5.69 Å². The third-order valence-corrected chi connectivity index (χ3v) is 1.04. The van der Waals surface area contributed by atoms with E-state index in [1.807, 2.05) is 5.32 Å². The first-order valence-electron chi connectivity index (χ1n) is 3.01. The first-order valence-corrected chi connectivity index (χ1v) is 3.01. The van der Waals surface area contributed by atoms with Gasteiger partial charge in [-0.3, -0.25) is 10.1 Å². The molecule has 0 aromatic carbocycles. The summed E-state index contributed by atoms with van der Waals surface area (Å²) < 4.78 is 0. The molecule has 0 unspecified atom stereocenters. The minimum atomic E-state index is -1.22. The molecule has 1 aromatic rings. The second-order valence-electron chi connectivity index (χ2n) is 1.89. The van der Waals surface area contributed by atoms with E-state index in [4.69, 9.17) is 5.11 Å². The van der Waals surface area contributed by atoms with Gasteiger partial charge in [0, 0.05) is 0 Å². The van der Waals surface area contributed by atoms with E-state index in [9.17, 15) is 9.59 Å². The van der Waals surface area contributed by atoms with Crippen molar-refractivity contribution < 1.29 is 14.7 Å². The molecule has 6 heteroatoms. The number of aromatic nitrogens is 2. The number of hydrogen-bond acceptors (Lipinski definition) is 4. The zero-order chi connectivity index (χ0) is 8.97. The largest absolute Gasteiger partial charge is 0.465 e. The second kappa shape index (κ2) is 3.42. The van der Waals surface area contributed by atoms with E-state index in [1.165, 1.54) is 12.1 Å². The number of carbonyl (C=O) groups is 2. The summed E-state index contributed by atoms with van der Waals surface area (Å²) in [7, 11) is 0. The molecule has 6 nitrogen and oxygen atoms in total. The fraction of sp³-hybridized carbons (Fsp3) is 0. The third-order valence-electron chi connectivity index (χ3n) is 1.04. The Bertz CT molecular complexity index is 295. The summed E-state index contributed by atoms with van der Waals surface area (Å²) in [6.45, 7) is 0. The molecule has 0 aliphatic carbocycles. The van der Waals surface area contributed by atoms with Crippen LogP contribution in [0.5, 0.6) is 0 Å². The van der Waals surface area contributed by atoms with Crippen molar-refractivity contribution in [3.8, 4) is 0 Å². The fourth-order valence-corrected chi connectivity index (χ4v) is 0.582. The molecule has 12 heavy (non-hydrogen) atoms. The average molecular weight is 167 g/mol. The Balaban J connectivity index is 2.77. The van der Waals surface area contributed by atoms with Crippen LogP contribution in [-0.2, 0) is 0 Å². The number of hydrogen-bond donors (Lipinski definition) is 2. The summed E-state index contributed by atoms with van der Waals surface area (Å²) >= 11 is 0. The molecule has 1 rings (SSSR count). The molecule has 0 bridgehead atoms. The van der Waals surface area contributed by atoms with Crippen molar-refractivity contribution in [1.82, 2.24) is 10.2 Å². The standard InChI is InChI=1S/C6H5N3O3/c10-3-4-1-2-5(9-8-4)7-6(11)12/h1-3H,(H,7,9)(H,11,12). The van der Waals surface area contributed by atoms with Crippen LogP contribution in [0.2, 0.25) is 0 Å². The molecule has 1 aromatic heterocycles. The zero-order valence-electron chi connectivity index (χ0n) is 5.89. The fourth-order valence-electron chi connectivity index (χ4n) is 0.582. The van der Waals surface area contributed by atoms with Crippen LogP contribution in [-0.4, -0.2) is 27.7 Å². The van der Waals surface area contributed by atoms with Crippen LogP contribution in [0, 0.1) is 0 Å². The Morgan fingerprint density at radius 2 is 2.25 bits per heavy atom. The van der Waals surface area contributed by atoms with Gasteiger partial charge >= 0.3 is 6.09 Å². The monoisotopic (exact) mass is 167 g/mol. The zero-order valence-corrected chi connectivity index (χ0v) is 5.89. The summed E-state index contributed by atoms with van der Waals surface area (Å²) in [5.74, 6) is 0.0908. The SMILES string of the molecule is O=Cc1ccc(NC(=O)O)nn1. The lowest BCUT2D eigenvalue weighted by molar-refractivity contribution is 0.111. The van der Waals surface area contributed by atoms with Crippen LogP contribution in [0.15, 0.2) is 12.1 Å². The summed E-state index contributed by atoms with van der Waals surface area (Å²) in [5.41, 5.74) is 0.158. The van der Waals surface area contributed by atoms with Crippen molar-refractivity contribution in [3.05, 3.63) is 17.8 Å². The Kier molecular flexibility index (Phi) is 2.32. The van der Waals surface area contributed by atoms with Gasteiger partial charge in [0.25, 0.3) is 0 Å². The number of carbonyl (C=O) groups excluding carboxylic acids is 1. The Hall–Kier alpha value is -1.98. The first-order chi connectivity index (χ1) is 5.72. The summed E-state index contributed by atoms with van der Waals surface area (Å²) in [4.78, 5) is 20.2. The predicted molar refractivity (Wildman–Crippen MR) is 39.1 cm³/mol. The van der Waals surface area contributed by atoms with Crippen LogP contribution in [0.3, 0.4) is 0 Å². The van der Waals surface area contributed by atoms with Gasteiger partial charge in [-0.05, 0) is 12.1 Å². The van der Waals surface area contributed by atoms with Gasteiger partial charge in [0.2, 0.25) is 0 Å². The molecule has 0 fully saturated rings. The van der Waals surface area contributed by atoms with E-state index in [-0.39, 0.29) is 11.5 Å². The maximum absolute atomic E-state index is 10.1. The molecular formula is C6H5N3O3. The van der Waals surface area contributed by atoms with Gasteiger partial charge in [-0.2, -0.15) is 0 Å². The number of nitrogens with zero attached hydrogens (tertiary/aromatic N) is 2. The summed E-state index contributed by atoms with van der Waals surface area (Å²) in [5, 5.41) is 17.1. The van der Waals surface area contributed by atoms with Gasteiger partial charge in [-0.15, -0.1) is 10.2 Å². The average Bonchev–Trinajstić information content (AvgIpc) is 2.05. The second-order valence-corrected chi connectivity index (χ2v) is 1.89. The number of amides is 1. The molecule has 0 saturated heterocycles. The minimum absolute atomic E-state index is 0.0908. The van der Waals surface area contributed by atoms with E-state index in [2.05, 4.69) is 10.2 Å². The number of carboxylic acid groups (broad SMARTS) is 1. The van der Waals surface area contributed by atoms with Crippen LogP contribution in [0.25, 0.3) is 0 Å². The molecule has 0 atom stereocenters. The normalized spacial score (nSPS) is 9.00. The number of rotatable bonds is 2. The molecule has 0 saturated carbocycles. The van der Waals surface area contributed by atoms with Crippen LogP contribution < -0.4 is 5.32 Å². The number of anilines is 1. The maximum atomic E-state index is 10.1. The number of nitrogens with one attached hydrogen (secondary N) is 1. The molecule has 2 N–H and O–H groups in total. The lowest BCUT2D eigenvalue weighted by atomic mass is 10.4. The lowest BCUT2D eigenvalue weighted by Crippen LogP contribution is -2.09. The highest BCUT2D eigenvalue weighted by molar-refractivity contribution is 5.81. The van der Waals surface area contributed by atoms with E-state index in [1.54, 1.807) is 0 Å². The van der Waals surface area contributed by atoms with Crippen molar-refractivity contribution in [2.24, 2.45) is 0 Å². The molecule has 62 valence electrons. The highest BCUT2D eigenvalue weighted by Gasteiger charge is 1.99. The van der Waals surface area contributed by atoms with Gasteiger partial charge in [0.15, 0.2) is 12.1 Å². The number of aldehydes is 1. The molecule has 1 heterocycles. The quantitative estimate of drug-likeness (QED) is 0.621. The Labute approximate surface area is 67.2 Å². The van der Waals surface area contributed by atoms with Crippen LogP contribution >= 0.6 is 0 Å². The predicted octanol–water partition coefficient (Wildman–Crippen LogP) is 0.379. The smallest absolute Gasteiger partial charge is 0.410 e. The highest BCUT2D eigenvalue weighted by atomic mass is 16.4. The van der Waals surface area contributed by atoms with Crippen molar-refractivity contribution in [2.45, 2.75) is 0 Å². The third kappa shape index (κ3) is 2.01. The molecule has 1 amide bonds. The van der Waals surface area contributed by atoms with Gasteiger partial charge in [-0.25, -0.2) is 4.79 Å². The first kappa shape index (κ1) is 8.12. The highest BCUT2D eigenvalue weighted by Crippen LogP contribution is 1.99. The van der Waals surface area contributed by atoms with E-state index < -0.39 is 6.09 Å². The topological polar surface area (TPSA) is 92.2 Å². The Morgan fingerprint density at radius 3 is 2.67 bits per heavy atom.